The van der Waals surface area contributed by atoms with E-state index in [2.05, 4.69) is 0 Å². The molecule has 120 valence electrons. The maximum Gasteiger partial charge on any atom is 0.303 e. The van der Waals surface area contributed by atoms with Crippen molar-refractivity contribution in [1.29, 1.82) is 0 Å². The number of likely N-dealkylation sites (tertiary alicyclic amines) is 1. The third kappa shape index (κ3) is 4.00. The van der Waals surface area contributed by atoms with Gasteiger partial charge in [-0.15, -0.1) is 0 Å². The van der Waals surface area contributed by atoms with E-state index in [1.54, 1.807) is 0 Å². The Bertz CT molecular complexity index is 542. The predicted molar refractivity (Wildman–Crippen MR) is 86.3 cm³/mol. The quantitative estimate of drug-likeness (QED) is 0.908. The molecule has 1 heterocycles. The maximum absolute atomic E-state index is 12.8. The minimum Gasteiger partial charge on any atom is -0.481 e. The summed E-state index contributed by atoms with van der Waals surface area (Å²) in [6, 6.07) is 7.62. The molecule has 1 saturated heterocycles. The van der Waals surface area contributed by atoms with Crippen LogP contribution >= 0.6 is 0 Å². The van der Waals surface area contributed by atoms with Crippen LogP contribution in [0, 0.1) is 0 Å². The Hall–Kier alpha value is -2.04. The fourth-order valence-electron chi connectivity index (χ4n) is 2.94. The molecule has 5 heteroatoms. The highest BCUT2D eigenvalue weighted by atomic mass is 16.4. The van der Waals surface area contributed by atoms with Gasteiger partial charge in [-0.1, -0.05) is 6.07 Å². The van der Waals surface area contributed by atoms with Crippen molar-refractivity contribution in [3.8, 4) is 0 Å². The molecule has 0 bridgehead atoms. The summed E-state index contributed by atoms with van der Waals surface area (Å²) in [4.78, 5) is 27.4. The number of carboxylic acid groups (broad SMARTS) is 1. The highest BCUT2D eigenvalue weighted by Crippen LogP contribution is 2.24. The van der Waals surface area contributed by atoms with E-state index in [1.165, 1.54) is 0 Å². The summed E-state index contributed by atoms with van der Waals surface area (Å²) < 4.78 is 0. The third-order valence-electron chi connectivity index (χ3n) is 4.19. The van der Waals surface area contributed by atoms with Crippen LogP contribution in [-0.4, -0.2) is 48.6 Å². The summed E-state index contributed by atoms with van der Waals surface area (Å²) in [6.07, 6.45) is 3.60. The fourth-order valence-corrected chi connectivity index (χ4v) is 2.94. The van der Waals surface area contributed by atoms with Gasteiger partial charge in [-0.2, -0.15) is 0 Å². The fraction of sp³-hybridized carbons (Fsp3) is 0.529. The van der Waals surface area contributed by atoms with Crippen molar-refractivity contribution >= 4 is 17.6 Å². The van der Waals surface area contributed by atoms with Gasteiger partial charge in [-0.3, -0.25) is 9.59 Å². The first kappa shape index (κ1) is 16.3. The number of benzene rings is 1. The summed E-state index contributed by atoms with van der Waals surface area (Å²) in [5.74, 6) is -0.786. The largest absolute Gasteiger partial charge is 0.481 e. The van der Waals surface area contributed by atoms with E-state index in [-0.39, 0.29) is 18.4 Å². The van der Waals surface area contributed by atoms with Gasteiger partial charge in [0.2, 0.25) is 0 Å². The zero-order chi connectivity index (χ0) is 16.1. The Balaban J connectivity index is 2.14. The molecule has 1 aromatic rings. The molecule has 1 amide bonds. The van der Waals surface area contributed by atoms with Crippen molar-refractivity contribution in [2.45, 2.75) is 38.1 Å². The minimum absolute atomic E-state index is 0.0128. The van der Waals surface area contributed by atoms with Crippen molar-refractivity contribution in [2.75, 3.05) is 25.5 Å². The van der Waals surface area contributed by atoms with E-state index in [4.69, 9.17) is 5.11 Å². The second-order valence-corrected chi connectivity index (χ2v) is 6.03. The summed E-state index contributed by atoms with van der Waals surface area (Å²) in [5.41, 5.74) is 1.67. The zero-order valence-corrected chi connectivity index (χ0v) is 13.3. The first-order valence-corrected chi connectivity index (χ1v) is 7.79. The SMILES string of the molecule is CN(C)c1cccc(C(=O)N2CCCCC2CCC(=O)O)c1. The number of nitrogens with zero attached hydrogens (tertiary/aromatic N) is 2. The van der Waals surface area contributed by atoms with Crippen molar-refractivity contribution < 1.29 is 14.7 Å². The first-order valence-electron chi connectivity index (χ1n) is 7.79. The second kappa shape index (κ2) is 7.29. The number of hydrogen-bond acceptors (Lipinski definition) is 3. The number of anilines is 1. The first-order chi connectivity index (χ1) is 10.5. The standard InChI is InChI=1S/C17H24N2O3/c1-18(2)15-8-5-6-13(12-15)17(22)19-11-4-3-7-14(19)9-10-16(20)21/h5-6,8,12,14H,3-4,7,9-11H2,1-2H3,(H,20,21). The molecule has 1 unspecified atom stereocenters. The van der Waals surface area contributed by atoms with Gasteiger partial charge < -0.3 is 14.9 Å². The maximum atomic E-state index is 12.8. The van der Waals surface area contributed by atoms with E-state index in [0.29, 0.717) is 12.0 Å². The monoisotopic (exact) mass is 304 g/mol. The van der Waals surface area contributed by atoms with Gasteiger partial charge in [0.25, 0.3) is 5.91 Å². The van der Waals surface area contributed by atoms with Gasteiger partial charge in [-0.05, 0) is 43.9 Å². The molecule has 1 fully saturated rings. The lowest BCUT2D eigenvalue weighted by Gasteiger charge is -2.36. The van der Waals surface area contributed by atoms with Crippen molar-refractivity contribution in [1.82, 2.24) is 4.90 Å². The summed E-state index contributed by atoms with van der Waals surface area (Å²) in [6.45, 7) is 0.718. The van der Waals surface area contributed by atoms with Crippen LogP contribution in [-0.2, 0) is 4.79 Å². The van der Waals surface area contributed by atoms with Gasteiger partial charge in [0.05, 0.1) is 0 Å². The zero-order valence-electron chi connectivity index (χ0n) is 13.3. The molecule has 5 nitrogen and oxygen atoms in total. The number of carboxylic acids is 1. The Morgan fingerprint density at radius 2 is 2.09 bits per heavy atom. The van der Waals surface area contributed by atoms with E-state index >= 15 is 0 Å². The molecule has 0 saturated carbocycles. The normalized spacial score (nSPS) is 18.1. The molecule has 22 heavy (non-hydrogen) atoms. The van der Waals surface area contributed by atoms with E-state index < -0.39 is 5.97 Å². The number of hydrogen-bond donors (Lipinski definition) is 1. The summed E-state index contributed by atoms with van der Waals surface area (Å²) in [5, 5.41) is 8.87. The lowest BCUT2D eigenvalue weighted by molar-refractivity contribution is -0.137. The van der Waals surface area contributed by atoms with Crippen molar-refractivity contribution in [2.24, 2.45) is 0 Å². The Morgan fingerprint density at radius 1 is 1.32 bits per heavy atom. The molecule has 1 aliphatic heterocycles. The lowest BCUT2D eigenvalue weighted by Crippen LogP contribution is -2.44. The van der Waals surface area contributed by atoms with Gasteiger partial charge in [0.1, 0.15) is 0 Å². The molecule has 0 spiro atoms. The number of carbonyl (C=O) groups excluding carboxylic acids is 1. The molecule has 0 aliphatic carbocycles. The summed E-state index contributed by atoms with van der Waals surface area (Å²) >= 11 is 0. The van der Waals surface area contributed by atoms with E-state index in [0.717, 1.165) is 31.5 Å². The smallest absolute Gasteiger partial charge is 0.303 e. The van der Waals surface area contributed by atoms with E-state index in [9.17, 15) is 9.59 Å². The highest BCUT2D eigenvalue weighted by molar-refractivity contribution is 5.95. The minimum atomic E-state index is -0.799. The number of aliphatic carboxylic acids is 1. The lowest BCUT2D eigenvalue weighted by atomic mass is 9.97. The topological polar surface area (TPSA) is 60.9 Å². The predicted octanol–water partition coefficient (Wildman–Crippen LogP) is 2.61. The molecular weight excluding hydrogens is 280 g/mol. The second-order valence-electron chi connectivity index (χ2n) is 6.03. The van der Waals surface area contributed by atoms with Gasteiger partial charge in [-0.25, -0.2) is 0 Å². The molecule has 0 aromatic heterocycles. The van der Waals surface area contributed by atoms with E-state index in [1.807, 2.05) is 48.2 Å². The van der Waals surface area contributed by atoms with Crippen LogP contribution in [0.1, 0.15) is 42.5 Å². The van der Waals surface area contributed by atoms with Crippen LogP contribution in [0.3, 0.4) is 0 Å². The number of rotatable bonds is 5. The molecule has 1 N–H and O–H groups in total. The van der Waals surface area contributed by atoms with Crippen molar-refractivity contribution in [3.63, 3.8) is 0 Å². The van der Waals surface area contributed by atoms with Crippen LogP contribution in [0.2, 0.25) is 0 Å². The average molecular weight is 304 g/mol. The molecule has 0 radical (unpaired) electrons. The average Bonchev–Trinajstić information content (AvgIpc) is 2.52. The molecule has 1 aromatic carbocycles. The Labute approximate surface area is 131 Å². The van der Waals surface area contributed by atoms with Crippen molar-refractivity contribution in [3.05, 3.63) is 29.8 Å². The van der Waals surface area contributed by atoms with Crippen LogP contribution in [0.4, 0.5) is 5.69 Å². The summed E-state index contributed by atoms with van der Waals surface area (Å²) in [7, 11) is 3.89. The van der Waals surface area contributed by atoms with Crippen LogP contribution in [0.15, 0.2) is 24.3 Å². The van der Waals surface area contributed by atoms with Gasteiger partial charge >= 0.3 is 5.97 Å². The third-order valence-corrected chi connectivity index (χ3v) is 4.19. The number of carbonyl (C=O) groups is 2. The van der Waals surface area contributed by atoms with Crippen LogP contribution in [0.25, 0.3) is 0 Å². The molecule has 2 rings (SSSR count). The van der Waals surface area contributed by atoms with Gasteiger partial charge in [0.15, 0.2) is 0 Å². The molecule has 1 aliphatic rings. The molecular formula is C17H24N2O3. The molecule has 1 atom stereocenters. The Morgan fingerprint density at radius 3 is 2.77 bits per heavy atom. The van der Waals surface area contributed by atoms with Crippen LogP contribution in [0.5, 0.6) is 0 Å². The number of amides is 1. The Kier molecular flexibility index (Phi) is 5.41. The van der Waals surface area contributed by atoms with Crippen LogP contribution < -0.4 is 4.90 Å². The number of piperidine rings is 1. The highest BCUT2D eigenvalue weighted by Gasteiger charge is 2.27. The van der Waals surface area contributed by atoms with Gasteiger partial charge in [0, 0.05) is 44.4 Å².